The Hall–Kier alpha value is -3.78. The molecule has 0 aliphatic rings. The van der Waals surface area contributed by atoms with E-state index < -0.39 is 0 Å². The van der Waals surface area contributed by atoms with Gasteiger partial charge in [0.25, 0.3) is 5.91 Å². The van der Waals surface area contributed by atoms with E-state index in [0.717, 1.165) is 11.3 Å². The van der Waals surface area contributed by atoms with Crippen LogP contribution in [0.4, 0.5) is 5.69 Å². The maximum Gasteiger partial charge on any atom is 0.262 e. The number of nitrogens with one attached hydrogen (secondary N) is 1. The van der Waals surface area contributed by atoms with Crippen molar-refractivity contribution in [3.8, 4) is 23.3 Å². The van der Waals surface area contributed by atoms with Gasteiger partial charge in [-0.1, -0.05) is 12.1 Å². The van der Waals surface area contributed by atoms with E-state index in [1.165, 1.54) is 0 Å². The smallest absolute Gasteiger partial charge is 0.262 e. The Kier molecular flexibility index (Phi) is 5.70. The van der Waals surface area contributed by atoms with Crippen molar-refractivity contribution in [3.05, 3.63) is 83.9 Å². The van der Waals surface area contributed by atoms with Crippen LogP contribution >= 0.6 is 0 Å². The minimum Gasteiger partial charge on any atom is -0.484 e. The van der Waals surface area contributed by atoms with Crippen molar-refractivity contribution in [2.24, 2.45) is 0 Å². The molecule has 1 amide bonds. The maximum absolute atomic E-state index is 12.0. The fraction of sp³-hybridized carbons (Fsp3) is 0.0909. The molecule has 5 heteroatoms. The molecule has 3 rings (SSSR count). The average Bonchev–Trinajstić information content (AvgIpc) is 2.68. The molecule has 0 fully saturated rings. The van der Waals surface area contributed by atoms with Gasteiger partial charge in [-0.2, -0.15) is 5.26 Å². The number of hydrogen-bond acceptors (Lipinski definition) is 4. The molecule has 0 saturated carbocycles. The van der Waals surface area contributed by atoms with Gasteiger partial charge >= 0.3 is 0 Å². The molecule has 0 unspecified atom stereocenters. The van der Waals surface area contributed by atoms with Crippen LogP contribution in [0, 0.1) is 18.3 Å². The second-order valence-corrected chi connectivity index (χ2v) is 5.92. The van der Waals surface area contributed by atoms with Crippen molar-refractivity contribution in [2.75, 3.05) is 11.9 Å². The summed E-state index contributed by atoms with van der Waals surface area (Å²) in [7, 11) is 0. The molecule has 0 radical (unpaired) electrons. The molecule has 0 aliphatic heterocycles. The minimum absolute atomic E-state index is 0.118. The molecule has 0 heterocycles. The molecule has 0 saturated heterocycles. The number of ether oxygens (including phenoxy) is 2. The van der Waals surface area contributed by atoms with Crippen molar-refractivity contribution < 1.29 is 14.3 Å². The summed E-state index contributed by atoms with van der Waals surface area (Å²) in [5, 5.41) is 11.5. The first-order valence-corrected chi connectivity index (χ1v) is 8.40. The lowest BCUT2D eigenvalue weighted by molar-refractivity contribution is -0.118. The van der Waals surface area contributed by atoms with Crippen LogP contribution in [0.3, 0.4) is 0 Å². The van der Waals surface area contributed by atoms with Crippen molar-refractivity contribution in [3.63, 3.8) is 0 Å². The van der Waals surface area contributed by atoms with Crippen molar-refractivity contribution in [1.29, 1.82) is 5.26 Å². The van der Waals surface area contributed by atoms with E-state index in [0.29, 0.717) is 22.7 Å². The van der Waals surface area contributed by atoms with Crippen LogP contribution < -0.4 is 14.8 Å². The highest BCUT2D eigenvalue weighted by Gasteiger charge is 2.05. The van der Waals surface area contributed by atoms with Gasteiger partial charge in [-0.3, -0.25) is 4.79 Å². The molecule has 134 valence electrons. The Bertz CT molecular complexity index is 958. The first kappa shape index (κ1) is 18.0. The number of anilines is 1. The topological polar surface area (TPSA) is 71.3 Å². The molecular weight excluding hydrogens is 340 g/mol. The zero-order valence-electron chi connectivity index (χ0n) is 14.8. The molecule has 5 nitrogen and oxygen atoms in total. The standard InChI is InChI=1S/C22H18N2O3/c1-16-3-2-4-21(13-16)27-20-11-7-18(8-12-20)24-22(25)15-26-19-9-5-17(14-23)6-10-19/h2-13H,15H2,1H3,(H,24,25). The molecule has 3 aromatic carbocycles. The van der Waals surface area contributed by atoms with Crippen LogP contribution in [-0.2, 0) is 4.79 Å². The molecule has 0 spiro atoms. The van der Waals surface area contributed by atoms with E-state index >= 15 is 0 Å². The summed E-state index contributed by atoms with van der Waals surface area (Å²) in [6.07, 6.45) is 0. The first-order valence-electron chi connectivity index (χ1n) is 8.40. The Labute approximate surface area is 157 Å². The quantitative estimate of drug-likeness (QED) is 0.695. The lowest BCUT2D eigenvalue weighted by Gasteiger charge is -2.09. The van der Waals surface area contributed by atoms with Crippen molar-refractivity contribution >= 4 is 11.6 Å². The number of aryl methyl sites for hydroxylation is 1. The van der Waals surface area contributed by atoms with E-state index in [2.05, 4.69) is 5.32 Å². The number of rotatable bonds is 6. The molecule has 3 aromatic rings. The highest BCUT2D eigenvalue weighted by molar-refractivity contribution is 5.91. The van der Waals surface area contributed by atoms with Gasteiger partial charge in [-0.05, 0) is 73.2 Å². The van der Waals surface area contributed by atoms with E-state index in [4.69, 9.17) is 14.7 Å². The Morgan fingerprint density at radius 2 is 1.67 bits per heavy atom. The summed E-state index contributed by atoms with van der Waals surface area (Å²) < 4.78 is 11.2. The number of carbonyl (C=O) groups excluding carboxylic acids is 1. The molecule has 27 heavy (non-hydrogen) atoms. The number of nitrogens with zero attached hydrogens (tertiary/aromatic N) is 1. The van der Waals surface area contributed by atoms with Gasteiger partial charge in [0.2, 0.25) is 0 Å². The minimum atomic E-state index is -0.272. The van der Waals surface area contributed by atoms with Gasteiger partial charge in [0.15, 0.2) is 6.61 Å². The summed E-state index contributed by atoms with van der Waals surface area (Å²) in [6.45, 7) is 1.89. The van der Waals surface area contributed by atoms with Crippen LogP contribution in [0.1, 0.15) is 11.1 Å². The number of carbonyl (C=O) groups is 1. The zero-order valence-corrected chi connectivity index (χ0v) is 14.8. The van der Waals surface area contributed by atoms with E-state index in [9.17, 15) is 4.79 Å². The normalized spacial score (nSPS) is 9.93. The van der Waals surface area contributed by atoms with Gasteiger partial charge in [-0.25, -0.2) is 0 Å². The van der Waals surface area contributed by atoms with Crippen LogP contribution in [0.15, 0.2) is 72.8 Å². The Balaban J connectivity index is 1.51. The highest BCUT2D eigenvalue weighted by Crippen LogP contribution is 2.23. The van der Waals surface area contributed by atoms with Crippen molar-refractivity contribution in [1.82, 2.24) is 0 Å². The summed E-state index contributed by atoms with van der Waals surface area (Å²) in [4.78, 5) is 12.0. The van der Waals surface area contributed by atoms with E-state index in [-0.39, 0.29) is 12.5 Å². The Morgan fingerprint density at radius 1 is 0.963 bits per heavy atom. The average molecular weight is 358 g/mol. The second kappa shape index (κ2) is 8.54. The predicted octanol–water partition coefficient (Wildman–Crippen LogP) is 4.68. The third-order valence-electron chi connectivity index (χ3n) is 3.72. The molecule has 0 aromatic heterocycles. The molecule has 0 atom stereocenters. The molecule has 0 bridgehead atoms. The third-order valence-corrected chi connectivity index (χ3v) is 3.72. The maximum atomic E-state index is 12.0. The van der Waals surface area contributed by atoms with Gasteiger partial charge in [0.1, 0.15) is 17.2 Å². The van der Waals surface area contributed by atoms with Gasteiger partial charge in [0.05, 0.1) is 11.6 Å². The number of nitriles is 1. The van der Waals surface area contributed by atoms with Crippen molar-refractivity contribution in [2.45, 2.75) is 6.92 Å². The summed E-state index contributed by atoms with van der Waals surface area (Å²) in [5.41, 5.74) is 2.32. The zero-order chi connectivity index (χ0) is 19.1. The predicted molar refractivity (Wildman–Crippen MR) is 103 cm³/mol. The molecular formula is C22H18N2O3. The fourth-order valence-electron chi connectivity index (χ4n) is 2.39. The van der Waals surface area contributed by atoms with Crippen LogP contribution in [0.5, 0.6) is 17.2 Å². The number of benzene rings is 3. The van der Waals surface area contributed by atoms with Gasteiger partial charge in [-0.15, -0.1) is 0 Å². The SMILES string of the molecule is Cc1cccc(Oc2ccc(NC(=O)COc3ccc(C#N)cc3)cc2)c1. The summed E-state index contributed by atoms with van der Waals surface area (Å²) in [6, 6.07) is 23.5. The molecule has 0 aliphatic carbocycles. The Morgan fingerprint density at radius 3 is 2.33 bits per heavy atom. The third kappa shape index (κ3) is 5.35. The monoisotopic (exact) mass is 358 g/mol. The first-order chi connectivity index (χ1) is 13.1. The summed E-state index contributed by atoms with van der Waals surface area (Å²) >= 11 is 0. The van der Waals surface area contributed by atoms with Crippen LogP contribution in [-0.4, -0.2) is 12.5 Å². The number of hydrogen-bond donors (Lipinski definition) is 1. The van der Waals surface area contributed by atoms with E-state index in [1.54, 1.807) is 48.5 Å². The summed E-state index contributed by atoms with van der Waals surface area (Å²) in [5.74, 6) is 1.72. The van der Waals surface area contributed by atoms with Gasteiger partial charge < -0.3 is 14.8 Å². The second-order valence-electron chi connectivity index (χ2n) is 5.92. The van der Waals surface area contributed by atoms with Gasteiger partial charge in [0, 0.05) is 5.69 Å². The largest absolute Gasteiger partial charge is 0.484 e. The van der Waals surface area contributed by atoms with Crippen LogP contribution in [0.2, 0.25) is 0 Å². The highest BCUT2D eigenvalue weighted by atomic mass is 16.5. The number of amides is 1. The lowest BCUT2D eigenvalue weighted by Crippen LogP contribution is -2.20. The lowest BCUT2D eigenvalue weighted by atomic mass is 10.2. The fourth-order valence-corrected chi connectivity index (χ4v) is 2.39. The van der Waals surface area contributed by atoms with Crippen LogP contribution in [0.25, 0.3) is 0 Å². The van der Waals surface area contributed by atoms with E-state index in [1.807, 2.05) is 37.3 Å². The molecule has 1 N–H and O–H groups in total.